The molecule has 3 rings (SSSR count). The number of carboxylic acids is 1. The highest BCUT2D eigenvalue weighted by Gasteiger charge is 2.48. The van der Waals surface area contributed by atoms with Crippen LogP contribution in [0, 0.1) is 0 Å². The highest BCUT2D eigenvalue weighted by molar-refractivity contribution is 5.71. The molecule has 0 spiro atoms. The summed E-state index contributed by atoms with van der Waals surface area (Å²) in [6.07, 6.45) is 1.87. The first kappa shape index (κ1) is 15.4. The van der Waals surface area contributed by atoms with E-state index in [2.05, 4.69) is 0 Å². The third-order valence-electron chi connectivity index (χ3n) is 4.34. The van der Waals surface area contributed by atoms with E-state index in [0.717, 1.165) is 24.0 Å². The number of ether oxygens (including phenoxy) is 2. The zero-order valence-corrected chi connectivity index (χ0v) is 13.1. The Labute approximate surface area is 135 Å². The smallest absolute Gasteiger partial charge is 0.304 e. The van der Waals surface area contributed by atoms with E-state index in [1.54, 1.807) is 7.11 Å². The number of methoxy groups -OCH3 is 1. The molecule has 0 aromatic heterocycles. The van der Waals surface area contributed by atoms with Gasteiger partial charge >= 0.3 is 5.97 Å². The molecule has 2 aromatic rings. The largest absolute Gasteiger partial charge is 0.493 e. The van der Waals surface area contributed by atoms with Crippen molar-refractivity contribution >= 4 is 5.97 Å². The number of rotatable bonds is 7. The first-order chi connectivity index (χ1) is 11.1. The van der Waals surface area contributed by atoms with Crippen molar-refractivity contribution in [3.05, 3.63) is 59.7 Å². The minimum Gasteiger partial charge on any atom is -0.493 e. The molecule has 0 amide bonds. The molecule has 0 atom stereocenters. The Hall–Kier alpha value is -2.49. The van der Waals surface area contributed by atoms with Crippen LogP contribution in [0.2, 0.25) is 0 Å². The maximum Gasteiger partial charge on any atom is 0.304 e. The minimum absolute atomic E-state index is 0.127. The number of carbonyl (C=O) groups is 1. The maximum atomic E-state index is 11.2. The van der Waals surface area contributed by atoms with Crippen molar-refractivity contribution in [1.82, 2.24) is 0 Å². The predicted molar refractivity (Wildman–Crippen MR) is 86.9 cm³/mol. The number of carboxylic acid groups (broad SMARTS) is 1. The van der Waals surface area contributed by atoms with Crippen LogP contribution >= 0.6 is 0 Å². The van der Waals surface area contributed by atoms with Gasteiger partial charge in [0.2, 0.25) is 0 Å². The van der Waals surface area contributed by atoms with Crippen molar-refractivity contribution in [2.24, 2.45) is 0 Å². The molecule has 4 heteroatoms. The van der Waals surface area contributed by atoms with Crippen molar-refractivity contribution in [2.45, 2.75) is 31.3 Å². The van der Waals surface area contributed by atoms with Crippen LogP contribution in [0.3, 0.4) is 0 Å². The quantitative estimate of drug-likeness (QED) is 0.845. The van der Waals surface area contributed by atoms with Crippen LogP contribution in [0.1, 0.15) is 30.4 Å². The minimum atomic E-state index is -0.778. The van der Waals surface area contributed by atoms with Gasteiger partial charge in [0.1, 0.15) is 6.61 Å². The molecule has 0 bridgehead atoms. The molecule has 4 nitrogen and oxygen atoms in total. The van der Waals surface area contributed by atoms with E-state index in [1.807, 2.05) is 48.5 Å². The van der Waals surface area contributed by atoms with E-state index in [-0.39, 0.29) is 11.8 Å². The third-order valence-corrected chi connectivity index (χ3v) is 4.34. The zero-order valence-electron chi connectivity index (χ0n) is 13.1. The molecule has 120 valence electrons. The average molecular weight is 312 g/mol. The summed E-state index contributed by atoms with van der Waals surface area (Å²) >= 11 is 0. The topological polar surface area (TPSA) is 55.8 Å². The van der Waals surface area contributed by atoms with Crippen LogP contribution in [-0.4, -0.2) is 18.2 Å². The van der Waals surface area contributed by atoms with Crippen molar-refractivity contribution in [3.8, 4) is 11.5 Å². The number of para-hydroxylation sites is 1. The predicted octanol–water partition coefficient (Wildman–Crippen LogP) is 3.78. The molecule has 0 unspecified atom stereocenters. The van der Waals surface area contributed by atoms with Crippen LogP contribution < -0.4 is 9.47 Å². The first-order valence-corrected chi connectivity index (χ1v) is 7.71. The fourth-order valence-corrected chi connectivity index (χ4v) is 2.95. The summed E-state index contributed by atoms with van der Waals surface area (Å²) in [5.74, 6) is 0.534. The molecule has 1 N–H and O–H groups in total. The number of benzene rings is 2. The summed E-state index contributed by atoms with van der Waals surface area (Å²) < 4.78 is 11.5. The first-order valence-electron chi connectivity index (χ1n) is 7.71. The lowest BCUT2D eigenvalue weighted by molar-refractivity contribution is -0.137. The van der Waals surface area contributed by atoms with Crippen molar-refractivity contribution in [1.29, 1.82) is 0 Å². The Balaban J connectivity index is 1.90. The van der Waals surface area contributed by atoms with E-state index in [9.17, 15) is 9.90 Å². The summed E-state index contributed by atoms with van der Waals surface area (Å²) in [5.41, 5.74) is 1.69. The fraction of sp³-hybridized carbons (Fsp3) is 0.316. The molecule has 0 radical (unpaired) electrons. The van der Waals surface area contributed by atoms with E-state index < -0.39 is 5.97 Å². The van der Waals surface area contributed by atoms with Gasteiger partial charge in [-0.05, 0) is 24.5 Å². The summed E-state index contributed by atoms with van der Waals surface area (Å²) in [4.78, 5) is 11.2. The zero-order chi connectivity index (χ0) is 16.3. The monoisotopic (exact) mass is 312 g/mol. The van der Waals surface area contributed by atoms with E-state index in [1.165, 1.54) is 0 Å². The van der Waals surface area contributed by atoms with Crippen molar-refractivity contribution in [2.75, 3.05) is 7.11 Å². The van der Waals surface area contributed by atoms with Crippen LogP contribution in [0.15, 0.2) is 48.5 Å². The number of aliphatic carboxylic acids is 1. The molecule has 1 fully saturated rings. The SMILES string of the molecule is COc1cccc(C2(CC(=O)O)CC2)c1OCc1ccccc1. The van der Waals surface area contributed by atoms with Crippen LogP contribution in [0.5, 0.6) is 11.5 Å². The van der Waals surface area contributed by atoms with Gasteiger partial charge in [0.15, 0.2) is 11.5 Å². The van der Waals surface area contributed by atoms with Crippen LogP contribution in [0.25, 0.3) is 0 Å². The molecule has 1 aliphatic carbocycles. The molecular weight excluding hydrogens is 292 g/mol. The maximum absolute atomic E-state index is 11.2. The summed E-state index contributed by atoms with van der Waals surface area (Å²) in [7, 11) is 1.60. The Morgan fingerprint density at radius 1 is 1.13 bits per heavy atom. The molecule has 23 heavy (non-hydrogen) atoms. The van der Waals surface area contributed by atoms with Gasteiger partial charge in [-0.15, -0.1) is 0 Å². The Kier molecular flexibility index (Phi) is 4.24. The normalized spacial score (nSPS) is 15.0. The fourth-order valence-electron chi connectivity index (χ4n) is 2.95. The molecule has 1 aliphatic rings. The van der Waals surface area contributed by atoms with Crippen LogP contribution in [0.4, 0.5) is 0 Å². The van der Waals surface area contributed by atoms with Gasteiger partial charge in [0.25, 0.3) is 0 Å². The Morgan fingerprint density at radius 2 is 1.87 bits per heavy atom. The van der Waals surface area contributed by atoms with E-state index in [4.69, 9.17) is 9.47 Å². The van der Waals surface area contributed by atoms with Gasteiger partial charge in [0.05, 0.1) is 13.5 Å². The van der Waals surface area contributed by atoms with Gasteiger partial charge in [-0.2, -0.15) is 0 Å². The lowest BCUT2D eigenvalue weighted by Gasteiger charge is -2.20. The highest BCUT2D eigenvalue weighted by Crippen LogP contribution is 2.55. The van der Waals surface area contributed by atoms with Gasteiger partial charge in [-0.3, -0.25) is 4.79 Å². The Morgan fingerprint density at radius 3 is 2.48 bits per heavy atom. The summed E-state index contributed by atoms with van der Waals surface area (Å²) in [5, 5.41) is 9.20. The van der Waals surface area contributed by atoms with Crippen LogP contribution in [-0.2, 0) is 16.8 Å². The number of hydrogen-bond donors (Lipinski definition) is 1. The molecular formula is C19H20O4. The highest BCUT2D eigenvalue weighted by atomic mass is 16.5. The standard InChI is InChI=1S/C19H20O4/c1-22-16-9-5-8-15(19(10-11-19)12-17(20)21)18(16)23-13-14-6-3-2-4-7-14/h2-9H,10-13H2,1H3,(H,20,21). The Bertz CT molecular complexity index is 690. The molecule has 0 saturated heterocycles. The number of hydrogen-bond acceptors (Lipinski definition) is 3. The molecule has 1 saturated carbocycles. The summed E-state index contributed by atoms with van der Waals surface area (Å²) in [6.45, 7) is 0.428. The van der Waals surface area contributed by atoms with Crippen molar-refractivity contribution < 1.29 is 19.4 Å². The molecule has 0 heterocycles. The van der Waals surface area contributed by atoms with E-state index in [0.29, 0.717) is 18.1 Å². The second-order valence-electron chi connectivity index (χ2n) is 5.96. The van der Waals surface area contributed by atoms with E-state index >= 15 is 0 Å². The second-order valence-corrected chi connectivity index (χ2v) is 5.96. The molecule has 2 aromatic carbocycles. The molecule has 0 aliphatic heterocycles. The third kappa shape index (κ3) is 3.31. The average Bonchev–Trinajstić information content (AvgIpc) is 3.33. The van der Waals surface area contributed by atoms with Gasteiger partial charge < -0.3 is 14.6 Å². The van der Waals surface area contributed by atoms with Gasteiger partial charge in [-0.1, -0.05) is 42.5 Å². The van der Waals surface area contributed by atoms with Gasteiger partial charge in [0, 0.05) is 11.0 Å². The summed E-state index contributed by atoms with van der Waals surface area (Å²) in [6, 6.07) is 15.6. The van der Waals surface area contributed by atoms with Gasteiger partial charge in [-0.25, -0.2) is 0 Å². The lowest BCUT2D eigenvalue weighted by Crippen LogP contribution is -2.15. The lowest BCUT2D eigenvalue weighted by atomic mass is 9.91. The van der Waals surface area contributed by atoms with Crippen molar-refractivity contribution in [3.63, 3.8) is 0 Å². The second kappa shape index (κ2) is 6.32.